The van der Waals surface area contributed by atoms with Gasteiger partial charge >= 0.3 is 0 Å². The molecule has 4 heterocycles. The van der Waals surface area contributed by atoms with Gasteiger partial charge in [-0.15, -0.1) is 0 Å². The minimum absolute atomic E-state index is 0.0216. The van der Waals surface area contributed by atoms with Crippen LogP contribution >= 0.6 is 0 Å². The largest absolute Gasteiger partial charge is 0.381 e. The number of anilines is 2. The number of ether oxygens (including phenoxy) is 1. The van der Waals surface area contributed by atoms with E-state index in [-0.39, 0.29) is 12.5 Å². The van der Waals surface area contributed by atoms with Crippen LogP contribution in [0.25, 0.3) is 22.8 Å². The van der Waals surface area contributed by atoms with Crippen molar-refractivity contribution in [2.75, 3.05) is 30.4 Å². The monoisotopic (exact) mass is 434 g/mol. The Hall–Kier alpha value is -3.40. The van der Waals surface area contributed by atoms with Crippen LogP contribution in [-0.4, -0.2) is 62.3 Å². The summed E-state index contributed by atoms with van der Waals surface area (Å²) in [6.45, 7) is 2.82. The van der Waals surface area contributed by atoms with Crippen molar-refractivity contribution in [3.8, 4) is 22.8 Å². The normalized spacial score (nSPS) is 20.7. The molecule has 5 rings (SSSR count). The predicted molar refractivity (Wildman–Crippen MR) is 119 cm³/mol. The molecular formula is C22H26N8O2. The van der Waals surface area contributed by atoms with Crippen molar-refractivity contribution in [3.63, 3.8) is 0 Å². The third kappa shape index (κ3) is 3.93. The van der Waals surface area contributed by atoms with Crippen molar-refractivity contribution in [3.05, 3.63) is 30.4 Å². The highest BCUT2D eigenvalue weighted by atomic mass is 16.5. The molecule has 3 aromatic rings. The number of H-pyrrole nitrogens is 1. The molecule has 1 aliphatic carbocycles. The molecule has 0 unspecified atom stereocenters. The standard InChI is InChI=1S/C22H26N8O2/c1-13-16(7-8-17(27-13)20-25-12-26-29-20)18-9-23-21-22(28-18)30(19(31)10-24-21)11-14-3-5-15(32-2)6-4-14/h7-9,12,14-15H,3-6,10-11H2,1-2H3,(H,23,24)(H,25,26,29). The molecule has 0 bridgehead atoms. The number of hydrogen-bond acceptors (Lipinski definition) is 8. The number of aromatic amines is 1. The van der Waals surface area contributed by atoms with Crippen molar-refractivity contribution < 1.29 is 9.53 Å². The molecule has 0 saturated heterocycles. The molecule has 0 radical (unpaired) electrons. The molecule has 10 nitrogen and oxygen atoms in total. The van der Waals surface area contributed by atoms with Crippen molar-refractivity contribution >= 4 is 17.5 Å². The van der Waals surface area contributed by atoms with Crippen molar-refractivity contribution in [2.45, 2.75) is 38.7 Å². The molecule has 1 saturated carbocycles. The average molecular weight is 435 g/mol. The molecule has 0 spiro atoms. The fourth-order valence-electron chi connectivity index (χ4n) is 4.48. The lowest BCUT2D eigenvalue weighted by atomic mass is 9.87. The number of aromatic nitrogens is 6. The first kappa shape index (κ1) is 20.5. The molecule has 1 aliphatic heterocycles. The predicted octanol–water partition coefficient (Wildman–Crippen LogP) is 2.60. The zero-order valence-corrected chi connectivity index (χ0v) is 18.2. The number of amides is 1. The van der Waals surface area contributed by atoms with E-state index in [9.17, 15) is 4.79 Å². The number of fused-ring (bicyclic) bond motifs is 1. The van der Waals surface area contributed by atoms with Crippen LogP contribution < -0.4 is 10.2 Å². The summed E-state index contributed by atoms with van der Waals surface area (Å²) in [4.78, 5) is 32.8. The maximum absolute atomic E-state index is 12.8. The molecule has 1 amide bonds. The van der Waals surface area contributed by atoms with Gasteiger partial charge in [0, 0.05) is 24.9 Å². The van der Waals surface area contributed by atoms with Gasteiger partial charge < -0.3 is 10.1 Å². The SMILES string of the molecule is COC1CCC(CN2C(=O)CNc3ncc(-c4ccc(-c5ncn[nH]5)nc4C)nc32)CC1. The number of nitrogens with one attached hydrogen (secondary N) is 2. The molecule has 0 aromatic carbocycles. The second-order valence-corrected chi connectivity index (χ2v) is 8.33. The zero-order valence-electron chi connectivity index (χ0n) is 18.2. The van der Waals surface area contributed by atoms with E-state index in [0.717, 1.165) is 36.9 Å². The van der Waals surface area contributed by atoms with Crippen LogP contribution in [0.3, 0.4) is 0 Å². The summed E-state index contributed by atoms with van der Waals surface area (Å²) >= 11 is 0. The number of rotatable bonds is 5. The van der Waals surface area contributed by atoms with Crippen molar-refractivity contribution in [2.24, 2.45) is 5.92 Å². The Morgan fingerprint density at radius 3 is 2.69 bits per heavy atom. The smallest absolute Gasteiger partial charge is 0.247 e. The van der Waals surface area contributed by atoms with E-state index in [0.29, 0.717) is 47.4 Å². The lowest BCUT2D eigenvalue weighted by molar-refractivity contribution is -0.117. The van der Waals surface area contributed by atoms with E-state index in [2.05, 4.69) is 30.5 Å². The van der Waals surface area contributed by atoms with Crippen LogP contribution in [0.15, 0.2) is 24.7 Å². The number of hydrogen-bond donors (Lipinski definition) is 2. The summed E-state index contributed by atoms with van der Waals surface area (Å²) in [5, 5.41) is 9.80. The van der Waals surface area contributed by atoms with Crippen molar-refractivity contribution in [1.29, 1.82) is 0 Å². The summed E-state index contributed by atoms with van der Waals surface area (Å²) in [5.41, 5.74) is 3.05. The Kier molecular flexibility index (Phi) is 5.52. The Morgan fingerprint density at radius 2 is 1.97 bits per heavy atom. The molecular weight excluding hydrogens is 408 g/mol. The van der Waals surface area contributed by atoms with E-state index in [4.69, 9.17) is 9.72 Å². The van der Waals surface area contributed by atoms with E-state index < -0.39 is 0 Å². The van der Waals surface area contributed by atoms with E-state index in [1.54, 1.807) is 18.2 Å². The van der Waals surface area contributed by atoms with Gasteiger partial charge in [0.05, 0.1) is 24.5 Å². The Balaban J connectivity index is 1.42. The van der Waals surface area contributed by atoms with Gasteiger partial charge in [-0.2, -0.15) is 5.10 Å². The first-order chi connectivity index (χ1) is 15.6. The fraction of sp³-hybridized carbons (Fsp3) is 0.455. The molecule has 2 aliphatic rings. The summed E-state index contributed by atoms with van der Waals surface area (Å²) in [6.07, 6.45) is 7.66. The van der Waals surface area contributed by atoms with Crippen LogP contribution in [-0.2, 0) is 9.53 Å². The minimum atomic E-state index is 0.0216. The molecule has 32 heavy (non-hydrogen) atoms. The number of carbonyl (C=O) groups excluding carboxylic acids is 1. The molecule has 2 N–H and O–H groups in total. The summed E-state index contributed by atoms with van der Waals surface area (Å²) in [7, 11) is 1.77. The first-order valence-corrected chi connectivity index (χ1v) is 10.9. The topological polar surface area (TPSA) is 122 Å². The zero-order chi connectivity index (χ0) is 22.1. The van der Waals surface area contributed by atoms with E-state index >= 15 is 0 Å². The quantitative estimate of drug-likeness (QED) is 0.628. The Bertz CT molecular complexity index is 1110. The number of carbonyl (C=O) groups is 1. The molecule has 166 valence electrons. The molecule has 10 heteroatoms. The van der Waals surface area contributed by atoms with Crippen LogP contribution in [0.2, 0.25) is 0 Å². The first-order valence-electron chi connectivity index (χ1n) is 10.9. The van der Waals surface area contributed by atoms with Gasteiger partial charge in [0.1, 0.15) is 12.0 Å². The highest BCUT2D eigenvalue weighted by molar-refractivity contribution is 6.01. The summed E-state index contributed by atoms with van der Waals surface area (Å²) in [5.74, 6) is 2.30. The summed E-state index contributed by atoms with van der Waals surface area (Å²) < 4.78 is 5.49. The third-order valence-corrected chi connectivity index (χ3v) is 6.31. The Morgan fingerprint density at radius 1 is 1.12 bits per heavy atom. The van der Waals surface area contributed by atoms with E-state index in [1.807, 2.05) is 19.1 Å². The van der Waals surface area contributed by atoms with Crippen LogP contribution in [0, 0.1) is 12.8 Å². The van der Waals surface area contributed by atoms with Gasteiger partial charge in [0.2, 0.25) is 5.91 Å². The molecule has 0 atom stereocenters. The van der Waals surface area contributed by atoms with Crippen LogP contribution in [0.4, 0.5) is 11.6 Å². The maximum Gasteiger partial charge on any atom is 0.247 e. The van der Waals surface area contributed by atoms with Gasteiger partial charge in [0.15, 0.2) is 17.5 Å². The van der Waals surface area contributed by atoms with Gasteiger partial charge in [-0.3, -0.25) is 14.8 Å². The highest BCUT2D eigenvalue weighted by Crippen LogP contribution is 2.33. The van der Waals surface area contributed by atoms with E-state index in [1.165, 1.54) is 6.33 Å². The van der Waals surface area contributed by atoms with Gasteiger partial charge in [-0.25, -0.2) is 19.9 Å². The number of aryl methyl sites for hydroxylation is 1. The fourth-order valence-corrected chi connectivity index (χ4v) is 4.48. The molecule has 3 aromatic heterocycles. The average Bonchev–Trinajstić information content (AvgIpc) is 3.36. The lowest BCUT2D eigenvalue weighted by Crippen LogP contribution is -2.44. The van der Waals surface area contributed by atoms with Crippen LogP contribution in [0.1, 0.15) is 31.4 Å². The number of pyridine rings is 1. The third-order valence-electron chi connectivity index (χ3n) is 6.31. The highest BCUT2D eigenvalue weighted by Gasteiger charge is 2.31. The van der Waals surface area contributed by atoms with Gasteiger partial charge in [-0.05, 0) is 50.7 Å². The van der Waals surface area contributed by atoms with Gasteiger partial charge in [-0.1, -0.05) is 0 Å². The summed E-state index contributed by atoms with van der Waals surface area (Å²) in [6, 6.07) is 3.82. The maximum atomic E-state index is 12.8. The second kappa shape index (κ2) is 8.62. The van der Waals surface area contributed by atoms with Crippen molar-refractivity contribution in [1.82, 2.24) is 30.1 Å². The number of methoxy groups -OCH3 is 1. The van der Waals surface area contributed by atoms with Crippen LogP contribution in [0.5, 0.6) is 0 Å². The lowest BCUT2D eigenvalue weighted by Gasteiger charge is -2.34. The number of nitrogens with zero attached hydrogens (tertiary/aromatic N) is 6. The van der Waals surface area contributed by atoms with Gasteiger partial charge in [0.25, 0.3) is 0 Å². The second-order valence-electron chi connectivity index (χ2n) is 8.33. The molecule has 1 fully saturated rings. The minimum Gasteiger partial charge on any atom is -0.381 e. The Labute approximate surface area is 185 Å².